The van der Waals surface area contributed by atoms with Crippen molar-refractivity contribution in [2.75, 3.05) is 26.1 Å². The van der Waals surface area contributed by atoms with Crippen LogP contribution >= 0.6 is 12.4 Å². The van der Waals surface area contributed by atoms with E-state index in [4.69, 9.17) is 20.6 Å². The number of carbonyl (C=O) groups is 1. The van der Waals surface area contributed by atoms with E-state index in [1.165, 1.54) is 32.4 Å². The highest BCUT2D eigenvalue weighted by atomic mass is 35.5. The lowest BCUT2D eigenvalue weighted by molar-refractivity contribution is -0.116. The van der Waals surface area contributed by atoms with Crippen LogP contribution in [0.4, 0.5) is 5.69 Å². The van der Waals surface area contributed by atoms with E-state index in [1.807, 2.05) is 0 Å². The molecular formula is C19H25ClN4O5S. The Kier molecular flexibility index (Phi) is 9.57. The number of benzene rings is 2. The zero-order valence-electron chi connectivity index (χ0n) is 16.6. The van der Waals surface area contributed by atoms with Crippen molar-refractivity contribution in [1.82, 2.24) is 4.72 Å². The molecule has 0 saturated carbocycles. The fourth-order valence-electron chi connectivity index (χ4n) is 2.51. The van der Waals surface area contributed by atoms with E-state index >= 15 is 0 Å². The monoisotopic (exact) mass is 456 g/mol. The van der Waals surface area contributed by atoms with Gasteiger partial charge in [0.25, 0.3) is 0 Å². The maximum atomic E-state index is 12.3. The Morgan fingerprint density at radius 1 is 1.10 bits per heavy atom. The lowest BCUT2D eigenvalue weighted by Gasteiger charge is -2.11. The molecule has 0 heterocycles. The van der Waals surface area contributed by atoms with E-state index in [9.17, 15) is 13.2 Å². The maximum Gasteiger partial charge on any atom is 0.240 e. The SMILES string of the molecule is COc1ccc(NC(=O)CCCNS(=O)(=O)c2cccc(C(=N)N)c2)cc1OC.Cl. The summed E-state index contributed by atoms with van der Waals surface area (Å²) in [6, 6.07) is 10.8. The smallest absolute Gasteiger partial charge is 0.240 e. The largest absolute Gasteiger partial charge is 0.493 e. The molecule has 0 saturated heterocycles. The van der Waals surface area contributed by atoms with Gasteiger partial charge in [-0.15, -0.1) is 12.4 Å². The van der Waals surface area contributed by atoms with Crippen molar-refractivity contribution in [3.63, 3.8) is 0 Å². The molecular weight excluding hydrogens is 432 g/mol. The molecule has 0 aliphatic rings. The number of anilines is 1. The summed E-state index contributed by atoms with van der Waals surface area (Å²) >= 11 is 0. The second-order valence-electron chi connectivity index (χ2n) is 6.06. The number of amidine groups is 1. The van der Waals surface area contributed by atoms with Crippen LogP contribution in [-0.4, -0.2) is 40.9 Å². The van der Waals surface area contributed by atoms with Gasteiger partial charge in [0.05, 0.1) is 19.1 Å². The van der Waals surface area contributed by atoms with Gasteiger partial charge in [-0.05, 0) is 30.7 Å². The molecule has 0 atom stereocenters. The van der Waals surface area contributed by atoms with Crippen LogP contribution in [0.15, 0.2) is 47.4 Å². The predicted molar refractivity (Wildman–Crippen MR) is 117 cm³/mol. The lowest BCUT2D eigenvalue weighted by atomic mass is 10.2. The molecule has 9 nitrogen and oxygen atoms in total. The van der Waals surface area contributed by atoms with Crippen LogP contribution in [0.2, 0.25) is 0 Å². The van der Waals surface area contributed by atoms with Gasteiger partial charge in [-0.1, -0.05) is 12.1 Å². The summed E-state index contributed by atoms with van der Waals surface area (Å²) in [4.78, 5) is 12.1. The van der Waals surface area contributed by atoms with E-state index in [2.05, 4.69) is 10.0 Å². The highest BCUT2D eigenvalue weighted by molar-refractivity contribution is 7.89. The fraction of sp³-hybridized carbons (Fsp3) is 0.263. The van der Waals surface area contributed by atoms with Crippen molar-refractivity contribution >= 4 is 39.9 Å². The van der Waals surface area contributed by atoms with E-state index in [-0.39, 0.29) is 42.0 Å². The summed E-state index contributed by atoms with van der Waals surface area (Å²) in [7, 11) is -0.731. The fourth-order valence-corrected chi connectivity index (χ4v) is 3.63. The summed E-state index contributed by atoms with van der Waals surface area (Å²) in [6.45, 7) is 0.0893. The number of nitrogen functional groups attached to an aromatic ring is 1. The molecule has 30 heavy (non-hydrogen) atoms. The molecule has 11 heteroatoms. The maximum absolute atomic E-state index is 12.3. The zero-order valence-corrected chi connectivity index (χ0v) is 18.2. The van der Waals surface area contributed by atoms with E-state index in [0.717, 1.165) is 0 Å². The number of nitrogens with one attached hydrogen (secondary N) is 3. The molecule has 0 unspecified atom stereocenters. The van der Waals surface area contributed by atoms with Crippen LogP contribution < -0.4 is 25.2 Å². The minimum Gasteiger partial charge on any atom is -0.493 e. The summed E-state index contributed by atoms with van der Waals surface area (Å²) in [5.74, 6) is 0.573. The number of hydrogen-bond acceptors (Lipinski definition) is 6. The minimum atomic E-state index is -3.75. The third-order valence-electron chi connectivity index (χ3n) is 4.00. The van der Waals surface area contributed by atoms with Crippen LogP contribution in [-0.2, 0) is 14.8 Å². The van der Waals surface area contributed by atoms with E-state index in [0.29, 0.717) is 29.2 Å². The van der Waals surface area contributed by atoms with E-state index < -0.39 is 10.0 Å². The van der Waals surface area contributed by atoms with Crippen LogP contribution in [0.1, 0.15) is 18.4 Å². The highest BCUT2D eigenvalue weighted by Crippen LogP contribution is 2.29. The quantitative estimate of drug-likeness (QED) is 0.245. The molecule has 0 spiro atoms. The molecule has 2 aromatic carbocycles. The molecule has 2 aromatic rings. The molecule has 0 radical (unpaired) electrons. The van der Waals surface area contributed by atoms with Gasteiger partial charge in [-0.3, -0.25) is 10.2 Å². The predicted octanol–water partition coefficient (Wildman–Crippen LogP) is 2.11. The first-order valence-corrected chi connectivity index (χ1v) is 10.2. The Morgan fingerprint density at radius 2 is 1.80 bits per heavy atom. The number of amides is 1. The Hall–Kier alpha value is -2.82. The molecule has 0 aliphatic heterocycles. The lowest BCUT2D eigenvalue weighted by Crippen LogP contribution is -2.26. The molecule has 0 aliphatic carbocycles. The Bertz CT molecular complexity index is 998. The van der Waals surface area contributed by atoms with Crippen LogP contribution in [0, 0.1) is 5.41 Å². The van der Waals surface area contributed by atoms with Crippen LogP contribution in [0.25, 0.3) is 0 Å². The summed E-state index contributed by atoms with van der Waals surface area (Å²) in [6.07, 6.45) is 0.440. The first-order valence-electron chi connectivity index (χ1n) is 8.73. The molecule has 0 bridgehead atoms. The molecule has 0 fully saturated rings. The van der Waals surface area contributed by atoms with Gasteiger partial charge in [-0.2, -0.15) is 0 Å². The molecule has 0 aromatic heterocycles. The van der Waals surface area contributed by atoms with Gasteiger partial charge < -0.3 is 20.5 Å². The Morgan fingerprint density at radius 3 is 2.43 bits per heavy atom. The van der Waals surface area contributed by atoms with Gasteiger partial charge in [0.2, 0.25) is 15.9 Å². The standard InChI is InChI=1S/C19H24N4O5S.ClH/c1-27-16-9-8-14(12-17(16)28-2)23-18(24)7-4-10-22-29(25,26)15-6-3-5-13(11-15)19(20)21;/h3,5-6,8-9,11-12,22H,4,7,10H2,1-2H3,(H3,20,21)(H,23,24);1H. The van der Waals surface area contributed by atoms with Crippen LogP contribution in [0.3, 0.4) is 0 Å². The highest BCUT2D eigenvalue weighted by Gasteiger charge is 2.15. The zero-order chi connectivity index (χ0) is 21.4. The van der Waals surface area contributed by atoms with Crippen molar-refractivity contribution in [1.29, 1.82) is 5.41 Å². The van der Waals surface area contributed by atoms with Gasteiger partial charge >= 0.3 is 0 Å². The number of ether oxygens (including phenoxy) is 2. The van der Waals surface area contributed by atoms with Gasteiger partial charge in [-0.25, -0.2) is 13.1 Å². The second kappa shape index (κ2) is 11.4. The number of halogens is 1. The van der Waals surface area contributed by atoms with Gasteiger partial charge in [0.15, 0.2) is 11.5 Å². The third kappa shape index (κ3) is 6.90. The second-order valence-corrected chi connectivity index (χ2v) is 7.83. The average Bonchev–Trinajstić information content (AvgIpc) is 2.71. The van der Waals surface area contributed by atoms with Crippen molar-refractivity contribution < 1.29 is 22.7 Å². The van der Waals surface area contributed by atoms with Crippen molar-refractivity contribution in [2.45, 2.75) is 17.7 Å². The first-order chi connectivity index (χ1) is 13.8. The van der Waals surface area contributed by atoms with Gasteiger partial charge in [0, 0.05) is 30.3 Å². The normalized spacial score (nSPS) is 10.6. The molecule has 5 N–H and O–H groups in total. The molecule has 1 amide bonds. The number of sulfonamides is 1. The summed E-state index contributed by atoms with van der Waals surface area (Å²) in [5, 5.41) is 10.1. The van der Waals surface area contributed by atoms with Crippen molar-refractivity contribution in [2.24, 2.45) is 5.73 Å². The number of carbonyl (C=O) groups excluding carboxylic acids is 1. The van der Waals surface area contributed by atoms with Gasteiger partial charge in [0.1, 0.15) is 5.84 Å². The Labute approximate surface area is 181 Å². The van der Waals surface area contributed by atoms with E-state index in [1.54, 1.807) is 24.3 Å². The first kappa shape index (κ1) is 25.2. The topological polar surface area (TPSA) is 144 Å². The minimum absolute atomic E-state index is 0. The molecule has 164 valence electrons. The number of rotatable bonds is 10. The molecule has 2 rings (SSSR count). The summed E-state index contributed by atoms with van der Waals surface area (Å²) in [5.41, 5.74) is 6.26. The summed E-state index contributed by atoms with van der Waals surface area (Å²) < 4.78 is 37.4. The Balaban J connectivity index is 0.00000450. The number of hydrogen-bond donors (Lipinski definition) is 4. The van der Waals surface area contributed by atoms with Crippen molar-refractivity contribution in [3.8, 4) is 11.5 Å². The van der Waals surface area contributed by atoms with Crippen molar-refractivity contribution in [3.05, 3.63) is 48.0 Å². The average molecular weight is 457 g/mol. The van der Waals surface area contributed by atoms with Crippen LogP contribution in [0.5, 0.6) is 11.5 Å². The third-order valence-corrected chi connectivity index (χ3v) is 5.45. The number of methoxy groups -OCH3 is 2. The number of nitrogens with two attached hydrogens (primary N) is 1.